The Labute approximate surface area is 195 Å². The summed E-state index contributed by atoms with van der Waals surface area (Å²) in [5.74, 6) is 0. The molecule has 192 valence electrons. The molecule has 0 heterocycles. The van der Waals surface area contributed by atoms with Crippen LogP contribution in [0.15, 0.2) is 0 Å². The molecular weight excluding hydrogens is 427 g/mol. The SMILES string of the molecule is CCC[NH+](C)C.CCC[NH+](C)C.CCC[NH+](C)C.CCC[NH+](C)C.O=P([O-])([O-])[O-].[Cl-]. The zero-order valence-corrected chi connectivity index (χ0v) is 23.8. The maximum atomic E-state index is 8.55. The average molecular weight is 483 g/mol. The second-order valence-electron chi connectivity index (χ2n) is 8.28. The van der Waals surface area contributed by atoms with Crippen LogP contribution in [0.2, 0.25) is 0 Å². The Morgan fingerprint density at radius 2 is 0.600 bits per heavy atom. The van der Waals surface area contributed by atoms with Crippen LogP contribution in [0, 0.1) is 0 Å². The first kappa shape index (κ1) is 44.0. The summed E-state index contributed by atoms with van der Waals surface area (Å²) < 4.78 is 8.55. The number of nitrogens with one attached hydrogen (secondary N) is 4. The molecule has 30 heavy (non-hydrogen) atoms. The summed E-state index contributed by atoms with van der Waals surface area (Å²) in [7, 11) is 12.0. The standard InChI is InChI=1S/4C5H13N.ClH.H3O4P/c4*1-4-5-6(2)3;;1-5(2,3)4/h4*4-5H2,1-3H3;1H;(H3,1,2,3,4). The highest BCUT2D eigenvalue weighted by Gasteiger charge is 1.84. The fourth-order valence-corrected chi connectivity index (χ4v) is 2.00. The summed E-state index contributed by atoms with van der Waals surface area (Å²) in [6.45, 7) is 14.0. The Bertz CT molecular complexity index is 271. The third kappa shape index (κ3) is 140. The van der Waals surface area contributed by atoms with E-state index < -0.39 is 7.82 Å². The van der Waals surface area contributed by atoms with Crippen molar-refractivity contribution in [2.45, 2.75) is 53.4 Å². The Hall–Kier alpha value is 0.240. The molecule has 10 heteroatoms. The molecule has 0 bridgehead atoms. The Balaban J connectivity index is -0.0000000596. The van der Waals surface area contributed by atoms with E-state index in [0.717, 1.165) is 0 Å². The number of hydrogen-bond acceptors (Lipinski definition) is 4. The first-order valence-electron chi connectivity index (χ1n) is 11.0. The molecule has 0 atom stereocenters. The minimum atomic E-state index is -5.39. The highest BCUT2D eigenvalue weighted by atomic mass is 35.5. The van der Waals surface area contributed by atoms with Gasteiger partial charge in [0.2, 0.25) is 0 Å². The quantitative estimate of drug-likeness (QED) is 0.258. The number of phosphoric acid groups is 1. The van der Waals surface area contributed by atoms with Crippen LogP contribution < -0.4 is 46.7 Å². The van der Waals surface area contributed by atoms with E-state index in [1.165, 1.54) is 71.5 Å². The van der Waals surface area contributed by atoms with Crippen LogP contribution in [0.1, 0.15) is 53.4 Å². The predicted octanol–water partition coefficient (Wildman–Crippen LogP) is -7.66. The lowest BCUT2D eigenvalue weighted by atomic mass is 10.5. The lowest BCUT2D eigenvalue weighted by molar-refractivity contribution is -0.858. The lowest BCUT2D eigenvalue weighted by Gasteiger charge is -2.36. The highest BCUT2D eigenvalue weighted by Crippen LogP contribution is 2.03. The maximum absolute atomic E-state index is 8.55. The second kappa shape index (κ2) is 33.9. The second-order valence-corrected chi connectivity index (χ2v) is 9.17. The first-order valence-corrected chi connectivity index (χ1v) is 12.4. The van der Waals surface area contributed by atoms with Crippen LogP contribution in [-0.2, 0) is 4.57 Å². The van der Waals surface area contributed by atoms with Gasteiger partial charge in [-0.25, -0.2) is 0 Å². The monoisotopic (exact) mass is 482 g/mol. The Morgan fingerprint density at radius 3 is 0.600 bits per heavy atom. The van der Waals surface area contributed by atoms with Crippen LogP contribution >= 0.6 is 7.82 Å². The molecule has 0 saturated carbocycles. The van der Waals surface area contributed by atoms with Gasteiger partial charge in [0.1, 0.15) is 0 Å². The zero-order valence-electron chi connectivity index (χ0n) is 22.1. The average Bonchev–Trinajstić information content (AvgIpc) is 2.46. The van der Waals surface area contributed by atoms with Crippen molar-refractivity contribution in [3.63, 3.8) is 0 Å². The van der Waals surface area contributed by atoms with Crippen molar-refractivity contribution in [1.82, 2.24) is 0 Å². The van der Waals surface area contributed by atoms with E-state index in [1.807, 2.05) is 0 Å². The van der Waals surface area contributed by atoms with Gasteiger partial charge >= 0.3 is 0 Å². The third-order valence-electron chi connectivity index (χ3n) is 3.00. The minimum absolute atomic E-state index is 0. The molecule has 0 amide bonds. The van der Waals surface area contributed by atoms with Gasteiger partial charge in [-0.3, -0.25) is 0 Å². The van der Waals surface area contributed by atoms with Gasteiger partial charge in [-0.05, 0) is 25.7 Å². The fourth-order valence-electron chi connectivity index (χ4n) is 2.00. The van der Waals surface area contributed by atoms with E-state index in [2.05, 4.69) is 84.1 Å². The number of quaternary nitrogens is 4. The van der Waals surface area contributed by atoms with E-state index in [1.54, 1.807) is 0 Å². The van der Waals surface area contributed by atoms with Crippen LogP contribution in [0.5, 0.6) is 0 Å². The van der Waals surface area contributed by atoms with E-state index >= 15 is 0 Å². The van der Waals surface area contributed by atoms with Crippen LogP contribution in [-0.4, -0.2) is 82.6 Å². The largest absolute Gasteiger partial charge is 1.00 e. The van der Waals surface area contributed by atoms with Crippen molar-refractivity contribution in [3.05, 3.63) is 0 Å². The van der Waals surface area contributed by atoms with E-state index in [-0.39, 0.29) is 12.4 Å². The van der Waals surface area contributed by atoms with Gasteiger partial charge in [0.25, 0.3) is 0 Å². The first-order chi connectivity index (χ1) is 13.1. The number of halogens is 1. The molecule has 0 aliphatic carbocycles. The molecular formula is C20H56ClN4O4P. The molecule has 0 aromatic rings. The highest BCUT2D eigenvalue weighted by molar-refractivity contribution is 7.40. The van der Waals surface area contributed by atoms with Gasteiger partial charge in [0.15, 0.2) is 0 Å². The van der Waals surface area contributed by atoms with Gasteiger partial charge in [-0.15, -0.1) is 0 Å². The molecule has 0 radical (unpaired) electrons. The molecule has 0 saturated heterocycles. The molecule has 0 aromatic carbocycles. The molecule has 0 fully saturated rings. The summed E-state index contributed by atoms with van der Waals surface area (Å²) in [4.78, 5) is 31.8. The molecule has 0 rings (SSSR count). The summed E-state index contributed by atoms with van der Waals surface area (Å²) in [5.41, 5.74) is 0. The van der Waals surface area contributed by atoms with Crippen molar-refractivity contribution >= 4 is 7.82 Å². The summed E-state index contributed by atoms with van der Waals surface area (Å²) >= 11 is 0. The van der Waals surface area contributed by atoms with Gasteiger partial charge in [-0.2, -0.15) is 7.82 Å². The predicted molar refractivity (Wildman–Crippen MR) is 119 cm³/mol. The van der Waals surface area contributed by atoms with Crippen LogP contribution in [0.25, 0.3) is 0 Å². The normalized spacial score (nSPS) is 9.97. The van der Waals surface area contributed by atoms with Gasteiger partial charge in [0.05, 0.1) is 82.6 Å². The van der Waals surface area contributed by atoms with Crippen LogP contribution in [0.4, 0.5) is 0 Å². The minimum Gasteiger partial charge on any atom is -1.00 e. The summed E-state index contributed by atoms with van der Waals surface area (Å²) in [6.07, 6.45) is 5.18. The Kier molecular flexibility index (Phi) is 49.7. The number of rotatable bonds is 8. The topological polar surface area (TPSA) is 104 Å². The molecule has 8 nitrogen and oxygen atoms in total. The van der Waals surface area contributed by atoms with Crippen LogP contribution in [0.3, 0.4) is 0 Å². The lowest BCUT2D eigenvalue weighted by Crippen LogP contribution is -3.05. The molecule has 0 aliphatic heterocycles. The fraction of sp³-hybridized carbons (Fsp3) is 1.00. The Morgan fingerprint density at radius 1 is 0.500 bits per heavy atom. The molecule has 0 spiro atoms. The zero-order chi connectivity index (χ0) is 24.5. The van der Waals surface area contributed by atoms with Crippen molar-refractivity contribution in [3.8, 4) is 0 Å². The number of hydrogen-bond donors (Lipinski definition) is 4. The third-order valence-corrected chi connectivity index (χ3v) is 3.00. The van der Waals surface area contributed by atoms with Crippen molar-refractivity contribution < 1.29 is 51.3 Å². The van der Waals surface area contributed by atoms with Crippen molar-refractivity contribution in [2.24, 2.45) is 0 Å². The smallest absolute Gasteiger partial charge is 0.0764 e. The van der Waals surface area contributed by atoms with Crippen molar-refractivity contribution in [1.29, 1.82) is 0 Å². The molecule has 0 aromatic heterocycles. The van der Waals surface area contributed by atoms with E-state index in [4.69, 9.17) is 19.2 Å². The maximum Gasteiger partial charge on any atom is 0.0764 e. The summed E-state index contributed by atoms with van der Waals surface area (Å²) in [6, 6.07) is 0. The van der Waals surface area contributed by atoms with Gasteiger partial charge in [-0.1, -0.05) is 27.7 Å². The van der Waals surface area contributed by atoms with Crippen molar-refractivity contribution in [2.75, 3.05) is 82.6 Å². The van der Waals surface area contributed by atoms with E-state index in [9.17, 15) is 0 Å². The van der Waals surface area contributed by atoms with Gasteiger partial charge < -0.3 is 51.3 Å². The molecule has 0 unspecified atom stereocenters. The van der Waals surface area contributed by atoms with Gasteiger partial charge in [0, 0.05) is 0 Å². The molecule has 4 N–H and O–H groups in total. The van der Waals surface area contributed by atoms with E-state index in [0.29, 0.717) is 0 Å². The molecule has 0 aliphatic rings. The summed E-state index contributed by atoms with van der Waals surface area (Å²) in [5, 5.41) is 0.